The summed E-state index contributed by atoms with van der Waals surface area (Å²) in [4.78, 5) is 0. The van der Waals surface area contributed by atoms with Gasteiger partial charge in [-0.1, -0.05) is 23.7 Å². The number of piperidine rings is 1. The van der Waals surface area contributed by atoms with Gasteiger partial charge in [0.05, 0.1) is 0 Å². The van der Waals surface area contributed by atoms with E-state index in [-0.39, 0.29) is 12.0 Å². The Balaban J connectivity index is 2.30. The molecule has 0 amide bonds. The monoisotopic (exact) mass is 239 g/mol. The van der Waals surface area contributed by atoms with E-state index in [1.54, 1.807) is 0 Å². The summed E-state index contributed by atoms with van der Waals surface area (Å²) in [6.07, 6.45) is 2.98. The molecule has 1 fully saturated rings. The van der Waals surface area contributed by atoms with Gasteiger partial charge in [-0.15, -0.1) is 0 Å². The summed E-state index contributed by atoms with van der Waals surface area (Å²) in [7, 11) is 0. The molecule has 1 aliphatic rings. The number of hydrogen-bond donors (Lipinski definition) is 2. The summed E-state index contributed by atoms with van der Waals surface area (Å²) in [5.74, 6) is 0. The first-order chi connectivity index (χ1) is 7.77. The first kappa shape index (κ1) is 11.9. The molecule has 0 atom stereocenters. The van der Waals surface area contributed by atoms with Crippen molar-refractivity contribution in [1.82, 2.24) is 5.32 Å². The van der Waals surface area contributed by atoms with Crippen molar-refractivity contribution in [2.45, 2.75) is 24.7 Å². The first-order valence-electron chi connectivity index (χ1n) is 5.84. The van der Waals surface area contributed by atoms with Crippen molar-refractivity contribution in [2.24, 2.45) is 0 Å². The lowest BCUT2D eigenvalue weighted by molar-refractivity contribution is 0.204. The molecule has 1 heterocycles. The Morgan fingerprint density at radius 2 is 2.06 bits per heavy atom. The average Bonchev–Trinajstić information content (AvgIpc) is 2.31. The van der Waals surface area contributed by atoms with E-state index in [0.29, 0.717) is 0 Å². The van der Waals surface area contributed by atoms with Crippen molar-refractivity contribution in [3.05, 3.63) is 34.9 Å². The number of halogens is 1. The molecule has 1 aromatic rings. The zero-order valence-corrected chi connectivity index (χ0v) is 10.1. The predicted molar refractivity (Wildman–Crippen MR) is 66.9 cm³/mol. The van der Waals surface area contributed by atoms with Crippen molar-refractivity contribution in [2.75, 3.05) is 19.7 Å². The smallest absolute Gasteiger partial charge is 0.0439 e. The maximum absolute atomic E-state index is 9.26. The highest BCUT2D eigenvalue weighted by molar-refractivity contribution is 6.30. The van der Waals surface area contributed by atoms with Gasteiger partial charge < -0.3 is 10.4 Å². The van der Waals surface area contributed by atoms with Crippen LogP contribution in [0, 0.1) is 0 Å². The third-order valence-electron chi connectivity index (χ3n) is 3.59. The van der Waals surface area contributed by atoms with Gasteiger partial charge in [0.25, 0.3) is 0 Å². The van der Waals surface area contributed by atoms with Gasteiger partial charge in [-0.2, -0.15) is 0 Å². The van der Waals surface area contributed by atoms with Crippen LogP contribution in [0.5, 0.6) is 0 Å². The van der Waals surface area contributed by atoms with Gasteiger partial charge in [-0.05, 0) is 55.5 Å². The number of benzene rings is 1. The second-order valence-electron chi connectivity index (χ2n) is 4.51. The zero-order chi connectivity index (χ0) is 11.4. The van der Waals surface area contributed by atoms with E-state index in [0.717, 1.165) is 37.4 Å². The molecule has 3 heteroatoms. The minimum atomic E-state index is 0.116. The van der Waals surface area contributed by atoms with Gasteiger partial charge in [0.15, 0.2) is 0 Å². The number of hydrogen-bond acceptors (Lipinski definition) is 2. The molecule has 2 N–H and O–H groups in total. The second kappa shape index (κ2) is 5.17. The third-order valence-corrected chi connectivity index (χ3v) is 3.82. The molecule has 2 nitrogen and oxygen atoms in total. The van der Waals surface area contributed by atoms with E-state index in [9.17, 15) is 5.11 Å². The van der Waals surface area contributed by atoms with E-state index in [1.807, 2.05) is 18.2 Å². The Morgan fingerprint density at radius 3 is 2.69 bits per heavy atom. The Kier molecular flexibility index (Phi) is 3.85. The van der Waals surface area contributed by atoms with Gasteiger partial charge in [0, 0.05) is 11.6 Å². The van der Waals surface area contributed by atoms with Gasteiger partial charge in [-0.25, -0.2) is 0 Å². The summed E-state index contributed by atoms with van der Waals surface area (Å²) in [6.45, 7) is 2.28. The zero-order valence-electron chi connectivity index (χ0n) is 9.38. The number of nitrogens with one attached hydrogen (secondary N) is 1. The summed E-state index contributed by atoms with van der Waals surface area (Å²) in [5.41, 5.74) is 1.39. The van der Waals surface area contributed by atoms with E-state index >= 15 is 0 Å². The summed E-state index contributed by atoms with van der Waals surface area (Å²) >= 11 is 6.05. The highest BCUT2D eigenvalue weighted by atomic mass is 35.5. The van der Waals surface area contributed by atoms with Gasteiger partial charge >= 0.3 is 0 Å². The molecule has 1 aromatic carbocycles. The van der Waals surface area contributed by atoms with Crippen molar-refractivity contribution in [3.8, 4) is 0 Å². The highest BCUT2D eigenvalue weighted by Crippen LogP contribution is 2.37. The van der Waals surface area contributed by atoms with Crippen LogP contribution in [0.1, 0.15) is 24.8 Å². The molecule has 1 aliphatic heterocycles. The molecule has 0 saturated carbocycles. The van der Waals surface area contributed by atoms with Gasteiger partial charge in [0.2, 0.25) is 0 Å². The lowest BCUT2D eigenvalue weighted by Gasteiger charge is -2.38. The number of aliphatic hydroxyl groups excluding tert-OH is 1. The van der Waals surface area contributed by atoms with Gasteiger partial charge in [-0.3, -0.25) is 0 Å². The number of rotatable bonds is 3. The van der Waals surface area contributed by atoms with Crippen molar-refractivity contribution < 1.29 is 5.11 Å². The molecular formula is C13H18ClNO. The van der Waals surface area contributed by atoms with Crippen LogP contribution in [-0.4, -0.2) is 24.8 Å². The van der Waals surface area contributed by atoms with E-state index in [4.69, 9.17) is 11.6 Å². The predicted octanol–water partition coefficient (Wildman–Crippen LogP) is 2.34. The van der Waals surface area contributed by atoms with Crippen LogP contribution in [0.25, 0.3) is 0 Å². The minimum absolute atomic E-state index is 0.116. The van der Waals surface area contributed by atoms with Crippen LogP contribution >= 0.6 is 11.6 Å². The SMILES string of the molecule is OCCC1(c2cccc(Cl)c2)CCNCC1. The molecule has 0 bridgehead atoms. The lowest BCUT2D eigenvalue weighted by atomic mass is 9.71. The van der Waals surface area contributed by atoms with Crippen LogP contribution in [0.3, 0.4) is 0 Å². The van der Waals surface area contributed by atoms with Crippen molar-refractivity contribution in [3.63, 3.8) is 0 Å². The third kappa shape index (κ3) is 2.40. The molecule has 0 radical (unpaired) electrons. The van der Waals surface area contributed by atoms with Crippen molar-refractivity contribution in [1.29, 1.82) is 0 Å². The van der Waals surface area contributed by atoms with Gasteiger partial charge in [0.1, 0.15) is 0 Å². The fourth-order valence-corrected chi connectivity index (χ4v) is 2.81. The molecule has 0 aromatic heterocycles. The topological polar surface area (TPSA) is 32.3 Å². The Bertz CT molecular complexity index is 342. The Labute approximate surface area is 102 Å². The first-order valence-corrected chi connectivity index (χ1v) is 6.22. The summed E-state index contributed by atoms with van der Waals surface area (Å²) < 4.78 is 0. The molecule has 16 heavy (non-hydrogen) atoms. The normalized spacial score (nSPS) is 19.6. The van der Waals surface area contributed by atoms with Crippen LogP contribution in [0.2, 0.25) is 5.02 Å². The van der Waals surface area contributed by atoms with Crippen LogP contribution in [-0.2, 0) is 5.41 Å². The summed E-state index contributed by atoms with van der Waals surface area (Å²) in [5, 5.41) is 13.4. The molecule has 88 valence electrons. The van der Waals surface area contributed by atoms with E-state index in [2.05, 4.69) is 11.4 Å². The number of aliphatic hydroxyl groups is 1. The molecule has 0 aliphatic carbocycles. The van der Waals surface area contributed by atoms with Crippen LogP contribution in [0.15, 0.2) is 24.3 Å². The van der Waals surface area contributed by atoms with E-state index in [1.165, 1.54) is 5.56 Å². The Hall–Kier alpha value is -0.570. The standard InChI is InChI=1S/C13H18ClNO/c14-12-3-1-2-11(10-12)13(6-9-16)4-7-15-8-5-13/h1-3,10,15-16H,4-9H2. The van der Waals surface area contributed by atoms with E-state index < -0.39 is 0 Å². The maximum atomic E-state index is 9.26. The molecule has 0 spiro atoms. The minimum Gasteiger partial charge on any atom is -0.396 e. The Morgan fingerprint density at radius 1 is 1.31 bits per heavy atom. The second-order valence-corrected chi connectivity index (χ2v) is 4.95. The maximum Gasteiger partial charge on any atom is 0.0439 e. The molecule has 0 unspecified atom stereocenters. The molecule has 1 saturated heterocycles. The van der Waals surface area contributed by atoms with Crippen molar-refractivity contribution >= 4 is 11.6 Å². The lowest BCUT2D eigenvalue weighted by Crippen LogP contribution is -2.40. The van der Waals surface area contributed by atoms with Crippen LogP contribution < -0.4 is 5.32 Å². The molecule has 2 rings (SSSR count). The highest BCUT2D eigenvalue weighted by Gasteiger charge is 2.33. The fourth-order valence-electron chi connectivity index (χ4n) is 2.62. The quantitative estimate of drug-likeness (QED) is 0.849. The largest absolute Gasteiger partial charge is 0.396 e. The molecular weight excluding hydrogens is 222 g/mol. The fraction of sp³-hybridized carbons (Fsp3) is 0.538. The average molecular weight is 240 g/mol. The van der Waals surface area contributed by atoms with Crippen LogP contribution in [0.4, 0.5) is 0 Å². The summed E-state index contributed by atoms with van der Waals surface area (Å²) in [6, 6.07) is 8.08.